The Kier molecular flexibility index (Phi) is 9.29. The van der Waals surface area contributed by atoms with Crippen LogP contribution in [-0.2, 0) is 4.74 Å². The first-order valence-electron chi connectivity index (χ1n) is 10.9. The van der Waals surface area contributed by atoms with Crippen molar-refractivity contribution in [2.45, 2.75) is 88.6 Å². The second kappa shape index (κ2) is 10.8. The van der Waals surface area contributed by atoms with Gasteiger partial charge in [-0.1, -0.05) is 6.42 Å². The van der Waals surface area contributed by atoms with Crippen molar-refractivity contribution in [3.63, 3.8) is 0 Å². The molecule has 6 nitrogen and oxygen atoms in total. The van der Waals surface area contributed by atoms with Gasteiger partial charge in [0.15, 0.2) is 5.96 Å². The maximum absolute atomic E-state index is 5.52. The van der Waals surface area contributed by atoms with E-state index in [0.717, 1.165) is 50.5 Å². The molecule has 3 saturated heterocycles. The molecule has 0 radical (unpaired) electrons. The first-order chi connectivity index (χ1) is 12.9. The van der Waals surface area contributed by atoms with Crippen molar-refractivity contribution in [3.8, 4) is 0 Å². The molecule has 2 N–H and O–H groups in total. The van der Waals surface area contributed by atoms with Gasteiger partial charge in [-0.05, 0) is 59.4 Å². The van der Waals surface area contributed by atoms with Crippen molar-refractivity contribution in [2.24, 2.45) is 4.99 Å². The normalized spacial score (nSPS) is 30.6. The zero-order valence-electron chi connectivity index (χ0n) is 18.5. The largest absolute Gasteiger partial charge is 0.381 e. The Morgan fingerprint density at radius 2 is 1.71 bits per heavy atom. The lowest BCUT2D eigenvalue weighted by Gasteiger charge is -2.47. The highest BCUT2D eigenvalue weighted by Crippen LogP contribution is 2.32. The fourth-order valence-electron chi connectivity index (χ4n) is 5.23. The van der Waals surface area contributed by atoms with Gasteiger partial charge in [0.25, 0.3) is 0 Å². The van der Waals surface area contributed by atoms with Crippen LogP contribution >= 0.6 is 24.0 Å². The topological polar surface area (TPSA) is 52.1 Å². The lowest BCUT2D eigenvalue weighted by atomic mass is 9.82. The summed E-state index contributed by atoms with van der Waals surface area (Å²) in [6, 6.07) is 2.03. The van der Waals surface area contributed by atoms with Crippen molar-refractivity contribution in [1.82, 2.24) is 20.4 Å². The van der Waals surface area contributed by atoms with Crippen LogP contribution in [0, 0.1) is 0 Å². The fourth-order valence-corrected chi connectivity index (χ4v) is 5.23. The van der Waals surface area contributed by atoms with Crippen LogP contribution in [0.1, 0.15) is 58.8 Å². The number of hydrogen-bond acceptors (Lipinski definition) is 4. The van der Waals surface area contributed by atoms with Gasteiger partial charge in [0.2, 0.25) is 0 Å². The lowest BCUT2D eigenvalue weighted by molar-refractivity contribution is 0.00772. The zero-order valence-corrected chi connectivity index (χ0v) is 20.9. The predicted octanol–water partition coefficient (Wildman–Crippen LogP) is 2.67. The number of likely N-dealkylation sites (tertiary alicyclic amines) is 1. The maximum Gasteiger partial charge on any atom is 0.191 e. The first kappa shape index (κ1) is 24.2. The molecule has 0 aliphatic carbocycles. The second-order valence-electron chi connectivity index (χ2n) is 9.38. The number of nitrogens with zero attached hydrogens (tertiary/aromatic N) is 3. The summed E-state index contributed by atoms with van der Waals surface area (Å²) in [6.45, 7) is 7.79. The maximum atomic E-state index is 5.52. The standard InChI is InChI=1S/C21H41N5O.HI/c1-21(2,26-11-9-19(27-5)10-12-26)15-23-20(22-3)24-16-13-17-7-6-8-18(14-16)25(17)4;/h16-19H,6-15H2,1-5H3,(H2,22,23,24);1H. The smallest absolute Gasteiger partial charge is 0.191 e. The van der Waals surface area contributed by atoms with Crippen LogP contribution in [0.3, 0.4) is 0 Å². The first-order valence-corrected chi connectivity index (χ1v) is 10.9. The molecule has 164 valence electrons. The highest BCUT2D eigenvalue weighted by Gasteiger charge is 2.36. The molecule has 0 aromatic carbocycles. The third-order valence-corrected chi connectivity index (χ3v) is 7.22. The predicted molar refractivity (Wildman–Crippen MR) is 128 cm³/mol. The van der Waals surface area contributed by atoms with E-state index < -0.39 is 0 Å². The van der Waals surface area contributed by atoms with Crippen molar-refractivity contribution >= 4 is 29.9 Å². The lowest BCUT2D eigenvalue weighted by Crippen LogP contribution is -2.59. The molecule has 0 aromatic rings. The van der Waals surface area contributed by atoms with E-state index in [1.54, 1.807) is 0 Å². The Morgan fingerprint density at radius 1 is 1.11 bits per heavy atom. The quantitative estimate of drug-likeness (QED) is 0.341. The molecule has 3 aliphatic rings. The van der Waals surface area contributed by atoms with Crippen molar-refractivity contribution in [3.05, 3.63) is 0 Å². The number of fused-ring (bicyclic) bond motifs is 2. The SMILES string of the molecule is CN=C(NCC(C)(C)N1CCC(OC)CC1)NC1CC2CCCC(C1)N2C.I. The summed E-state index contributed by atoms with van der Waals surface area (Å²) in [7, 11) is 6.04. The number of hydrogen-bond donors (Lipinski definition) is 2. The minimum atomic E-state index is 0. The Balaban J connectivity index is 0.00000280. The molecule has 0 saturated carbocycles. The number of halogens is 1. The molecule has 28 heavy (non-hydrogen) atoms. The van der Waals surface area contributed by atoms with Gasteiger partial charge in [0, 0.05) is 57.5 Å². The van der Waals surface area contributed by atoms with Crippen LogP contribution in [-0.4, -0.2) is 86.4 Å². The molecule has 3 fully saturated rings. The van der Waals surface area contributed by atoms with E-state index >= 15 is 0 Å². The average Bonchev–Trinajstić information content (AvgIpc) is 2.66. The molecule has 3 heterocycles. The summed E-state index contributed by atoms with van der Waals surface area (Å²) in [5.41, 5.74) is 0.111. The Labute approximate surface area is 189 Å². The molecular formula is C21H42IN5O. The van der Waals surface area contributed by atoms with E-state index in [4.69, 9.17) is 4.74 Å². The van der Waals surface area contributed by atoms with Gasteiger partial charge in [-0.25, -0.2) is 0 Å². The summed E-state index contributed by atoms with van der Waals surface area (Å²) in [5, 5.41) is 7.33. The van der Waals surface area contributed by atoms with E-state index in [2.05, 4.69) is 46.3 Å². The number of rotatable bonds is 5. The third-order valence-electron chi connectivity index (χ3n) is 7.22. The van der Waals surface area contributed by atoms with Gasteiger partial charge < -0.3 is 20.3 Å². The molecule has 7 heteroatoms. The molecule has 2 unspecified atom stereocenters. The van der Waals surface area contributed by atoms with Crippen molar-refractivity contribution in [1.29, 1.82) is 0 Å². The van der Waals surface area contributed by atoms with Crippen LogP contribution in [0.5, 0.6) is 0 Å². The van der Waals surface area contributed by atoms with Gasteiger partial charge in [0.05, 0.1) is 6.10 Å². The number of methoxy groups -OCH3 is 1. The summed E-state index contributed by atoms with van der Waals surface area (Å²) in [5.74, 6) is 0.961. The van der Waals surface area contributed by atoms with Gasteiger partial charge in [0.1, 0.15) is 0 Å². The monoisotopic (exact) mass is 507 g/mol. The summed E-state index contributed by atoms with van der Waals surface area (Å²) < 4.78 is 5.52. The molecule has 2 atom stereocenters. The van der Waals surface area contributed by atoms with Gasteiger partial charge in [-0.2, -0.15) is 0 Å². The van der Waals surface area contributed by atoms with Crippen LogP contribution in [0.2, 0.25) is 0 Å². The van der Waals surface area contributed by atoms with E-state index in [-0.39, 0.29) is 29.5 Å². The average molecular weight is 508 g/mol. The van der Waals surface area contributed by atoms with Crippen LogP contribution in [0.4, 0.5) is 0 Å². The van der Waals surface area contributed by atoms with Crippen LogP contribution in [0.25, 0.3) is 0 Å². The number of ether oxygens (including phenoxy) is 1. The number of piperidine rings is 3. The molecular weight excluding hydrogens is 465 g/mol. The molecule has 3 rings (SSSR count). The van der Waals surface area contributed by atoms with Gasteiger partial charge in [-0.3, -0.25) is 9.89 Å². The van der Waals surface area contributed by atoms with E-state index in [1.165, 1.54) is 32.1 Å². The fraction of sp³-hybridized carbons (Fsp3) is 0.952. The van der Waals surface area contributed by atoms with Crippen molar-refractivity contribution < 1.29 is 4.74 Å². The van der Waals surface area contributed by atoms with E-state index in [0.29, 0.717) is 12.1 Å². The summed E-state index contributed by atoms with van der Waals surface area (Å²) >= 11 is 0. The van der Waals surface area contributed by atoms with E-state index in [1.807, 2.05) is 14.2 Å². The molecule has 0 spiro atoms. The minimum absolute atomic E-state index is 0. The van der Waals surface area contributed by atoms with Gasteiger partial charge in [-0.15, -0.1) is 24.0 Å². The highest BCUT2D eigenvalue weighted by molar-refractivity contribution is 14.0. The number of nitrogens with one attached hydrogen (secondary N) is 2. The summed E-state index contributed by atoms with van der Waals surface area (Å²) in [6.07, 6.45) is 9.26. The number of guanidine groups is 1. The summed E-state index contributed by atoms with van der Waals surface area (Å²) in [4.78, 5) is 9.71. The van der Waals surface area contributed by atoms with Crippen molar-refractivity contribution in [2.75, 3.05) is 40.8 Å². The molecule has 2 bridgehead atoms. The van der Waals surface area contributed by atoms with E-state index in [9.17, 15) is 0 Å². The highest BCUT2D eigenvalue weighted by atomic mass is 127. The Hall–Kier alpha value is -0.120. The zero-order chi connectivity index (χ0) is 19.4. The Morgan fingerprint density at radius 3 is 2.25 bits per heavy atom. The van der Waals surface area contributed by atoms with Crippen LogP contribution in [0.15, 0.2) is 4.99 Å². The molecule has 0 aromatic heterocycles. The Bertz CT molecular complexity index is 493. The number of aliphatic imine (C=N–C) groups is 1. The second-order valence-corrected chi connectivity index (χ2v) is 9.38. The molecule has 3 aliphatic heterocycles. The molecule has 0 amide bonds. The van der Waals surface area contributed by atoms with Crippen LogP contribution < -0.4 is 10.6 Å². The van der Waals surface area contributed by atoms with Gasteiger partial charge >= 0.3 is 0 Å². The minimum Gasteiger partial charge on any atom is -0.381 e. The third kappa shape index (κ3) is 5.95.